The Morgan fingerprint density at radius 2 is 1.84 bits per heavy atom. The molecule has 5 heteroatoms. The minimum Gasteiger partial charge on any atom is -0.508 e. The Morgan fingerprint density at radius 1 is 1.24 bits per heavy atom. The van der Waals surface area contributed by atoms with E-state index < -0.39 is 34.8 Å². The molecule has 1 aliphatic carbocycles. The fraction of sp³-hybridized carbons (Fsp3) is 0.600. The maximum atomic E-state index is 12.8. The normalized spacial score (nSPS) is 24.2. The van der Waals surface area contributed by atoms with E-state index in [1.165, 1.54) is 0 Å². The maximum absolute atomic E-state index is 12.8. The number of hydrogen-bond acceptors (Lipinski definition) is 5. The average molecular weight is 350 g/mol. The molecule has 25 heavy (non-hydrogen) atoms. The number of ketones is 2. The summed E-state index contributed by atoms with van der Waals surface area (Å²) in [4.78, 5) is 25.1. The molecule has 0 fully saturated rings. The van der Waals surface area contributed by atoms with Crippen LogP contribution in [0.1, 0.15) is 53.9 Å². The highest BCUT2D eigenvalue weighted by Crippen LogP contribution is 2.43. The number of rotatable bonds is 8. The van der Waals surface area contributed by atoms with Crippen LogP contribution in [0.3, 0.4) is 0 Å². The number of hydrogen-bond donors (Lipinski definition) is 3. The SMILES string of the molecule is CC(C)=CC[C@H]1C(=O)C(C(=O)C(C)C)=C(O)C1(O)CC/C=C(\C)CO. The number of allylic oxidation sites excluding steroid dienone is 4. The first kappa shape index (κ1) is 21.3. The third-order valence-electron chi connectivity index (χ3n) is 4.59. The number of aliphatic hydroxyl groups excluding tert-OH is 2. The molecule has 0 saturated heterocycles. The quantitative estimate of drug-likeness (QED) is 0.462. The molecule has 1 unspecified atom stereocenters. The Morgan fingerprint density at radius 3 is 2.32 bits per heavy atom. The standard InChI is InChI=1S/C20H30O5/c1-12(2)8-9-15-18(23)16(17(22)13(3)4)19(24)20(15,25)10-6-7-14(5)11-21/h7-8,13,15,21,24-25H,6,9-11H2,1-5H3/b14-7+/t15-,20?/m0/s1. The number of carbonyl (C=O) groups excluding carboxylic acids is 2. The third-order valence-corrected chi connectivity index (χ3v) is 4.59. The Kier molecular flexibility index (Phi) is 7.32. The second kappa shape index (κ2) is 8.59. The predicted octanol–water partition coefficient (Wildman–Crippen LogP) is 3.03. The van der Waals surface area contributed by atoms with Crippen molar-refractivity contribution in [1.29, 1.82) is 0 Å². The van der Waals surface area contributed by atoms with Gasteiger partial charge in [-0.05, 0) is 40.0 Å². The van der Waals surface area contributed by atoms with Crippen LogP contribution in [0, 0.1) is 11.8 Å². The van der Waals surface area contributed by atoms with Gasteiger partial charge >= 0.3 is 0 Å². The second-order valence-corrected chi connectivity index (χ2v) is 7.35. The number of aliphatic hydroxyl groups is 3. The molecule has 0 aromatic rings. The van der Waals surface area contributed by atoms with Crippen molar-refractivity contribution in [3.63, 3.8) is 0 Å². The van der Waals surface area contributed by atoms with Gasteiger partial charge in [0.15, 0.2) is 11.6 Å². The fourth-order valence-corrected chi connectivity index (χ4v) is 2.97. The molecule has 0 bridgehead atoms. The zero-order valence-electron chi connectivity index (χ0n) is 15.8. The van der Waals surface area contributed by atoms with Gasteiger partial charge in [-0.3, -0.25) is 9.59 Å². The number of carbonyl (C=O) groups is 2. The van der Waals surface area contributed by atoms with Crippen molar-refractivity contribution in [3.8, 4) is 0 Å². The molecule has 0 saturated carbocycles. The largest absolute Gasteiger partial charge is 0.508 e. The molecule has 0 amide bonds. The van der Waals surface area contributed by atoms with E-state index in [-0.39, 0.29) is 25.0 Å². The second-order valence-electron chi connectivity index (χ2n) is 7.35. The van der Waals surface area contributed by atoms with Crippen molar-refractivity contribution in [2.24, 2.45) is 11.8 Å². The lowest BCUT2D eigenvalue weighted by atomic mass is 9.82. The fourth-order valence-electron chi connectivity index (χ4n) is 2.97. The summed E-state index contributed by atoms with van der Waals surface area (Å²) in [6.45, 7) is 8.77. The summed E-state index contributed by atoms with van der Waals surface area (Å²) in [7, 11) is 0. The highest BCUT2D eigenvalue weighted by Gasteiger charge is 2.54. The van der Waals surface area contributed by atoms with Gasteiger partial charge in [0.25, 0.3) is 0 Å². The van der Waals surface area contributed by atoms with E-state index in [1.54, 1.807) is 26.8 Å². The van der Waals surface area contributed by atoms with E-state index >= 15 is 0 Å². The Hall–Kier alpha value is -1.72. The summed E-state index contributed by atoms with van der Waals surface area (Å²) >= 11 is 0. The topological polar surface area (TPSA) is 94.8 Å². The molecular formula is C20H30O5. The van der Waals surface area contributed by atoms with Crippen LogP contribution in [-0.2, 0) is 9.59 Å². The predicted molar refractivity (Wildman–Crippen MR) is 97.1 cm³/mol. The van der Waals surface area contributed by atoms with Gasteiger partial charge in [0.05, 0.1) is 12.5 Å². The highest BCUT2D eigenvalue weighted by molar-refractivity contribution is 6.24. The minimum absolute atomic E-state index is 0.0859. The highest BCUT2D eigenvalue weighted by atomic mass is 16.3. The maximum Gasteiger partial charge on any atom is 0.176 e. The lowest BCUT2D eigenvalue weighted by Crippen LogP contribution is -2.38. The van der Waals surface area contributed by atoms with Crippen molar-refractivity contribution in [2.45, 2.75) is 59.5 Å². The summed E-state index contributed by atoms with van der Waals surface area (Å²) < 4.78 is 0. The summed E-state index contributed by atoms with van der Waals surface area (Å²) in [6.07, 6.45) is 4.35. The van der Waals surface area contributed by atoms with Gasteiger partial charge in [-0.1, -0.05) is 37.1 Å². The lowest BCUT2D eigenvalue weighted by Gasteiger charge is -2.28. The molecule has 0 spiro atoms. The lowest BCUT2D eigenvalue weighted by molar-refractivity contribution is -0.127. The average Bonchev–Trinajstić information content (AvgIpc) is 2.71. The van der Waals surface area contributed by atoms with Crippen LogP contribution >= 0.6 is 0 Å². The van der Waals surface area contributed by atoms with Crippen molar-refractivity contribution in [1.82, 2.24) is 0 Å². The Bertz CT molecular complexity index is 620. The van der Waals surface area contributed by atoms with E-state index in [4.69, 9.17) is 5.11 Å². The number of Topliss-reactive ketones (excluding diaryl/α,β-unsaturated/α-hetero) is 2. The first-order valence-electron chi connectivity index (χ1n) is 8.70. The molecule has 0 radical (unpaired) electrons. The Balaban J connectivity index is 3.25. The molecule has 0 aliphatic heterocycles. The van der Waals surface area contributed by atoms with Crippen molar-refractivity contribution < 1.29 is 24.9 Å². The van der Waals surface area contributed by atoms with E-state index in [2.05, 4.69) is 0 Å². The smallest absolute Gasteiger partial charge is 0.176 e. The summed E-state index contributed by atoms with van der Waals surface area (Å²) in [5.41, 5.74) is -0.271. The first-order chi connectivity index (χ1) is 11.6. The molecule has 0 heterocycles. The monoisotopic (exact) mass is 350 g/mol. The molecule has 0 aromatic carbocycles. The molecule has 5 nitrogen and oxygen atoms in total. The van der Waals surface area contributed by atoms with E-state index in [9.17, 15) is 19.8 Å². The molecule has 3 N–H and O–H groups in total. The van der Waals surface area contributed by atoms with Crippen LogP contribution in [0.2, 0.25) is 0 Å². The molecular weight excluding hydrogens is 320 g/mol. The minimum atomic E-state index is -1.75. The van der Waals surface area contributed by atoms with E-state index in [1.807, 2.05) is 19.9 Å². The van der Waals surface area contributed by atoms with Gasteiger partial charge in [-0.25, -0.2) is 0 Å². The van der Waals surface area contributed by atoms with Gasteiger partial charge < -0.3 is 15.3 Å². The summed E-state index contributed by atoms with van der Waals surface area (Å²) in [5.74, 6) is -2.74. The molecule has 140 valence electrons. The van der Waals surface area contributed by atoms with Crippen LogP contribution in [0.4, 0.5) is 0 Å². The van der Waals surface area contributed by atoms with Crippen molar-refractivity contribution >= 4 is 11.6 Å². The molecule has 1 aliphatic rings. The van der Waals surface area contributed by atoms with Crippen LogP contribution < -0.4 is 0 Å². The third kappa shape index (κ3) is 4.67. The van der Waals surface area contributed by atoms with Crippen molar-refractivity contribution in [2.75, 3.05) is 6.61 Å². The molecule has 1 rings (SSSR count). The summed E-state index contributed by atoms with van der Waals surface area (Å²) in [5, 5.41) is 30.7. The van der Waals surface area contributed by atoms with Crippen LogP contribution in [0.25, 0.3) is 0 Å². The van der Waals surface area contributed by atoms with Gasteiger partial charge in [0.2, 0.25) is 0 Å². The van der Waals surface area contributed by atoms with Crippen LogP contribution in [-0.4, -0.2) is 39.1 Å². The summed E-state index contributed by atoms with van der Waals surface area (Å²) in [6, 6.07) is 0. The van der Waals surface area contributed by atoms with Gasteiger partial charge in [0, 0.05) is 5.92 Å². The Labute approximate surface area is 149 Å². The van der Waals surface area contributed by atoms with E-state index in [0.29, 0.717) is 6.42 Å². The van der Waals surface area contributed by atoms with Gasteiger partial charge in [0.1, 0.15) is 16.9 Å². The van der Waals surface area contributed by atoms with Crippen LogP contribution in [0.15, 0.2) is 34.6 Å². The van der Waals surface area contributed by atoms with E-state index in [0.717, 1.165) is 11.1 Å². The first-order valence-corrected chi connectivity index (χ1v) is 8.70. The molecule has 0 aromatic heterocycles. The zero-order valence-corrected chi connectivity index (χ0v) is 15.8. The van der Waals surface area contributed by atoms with Crippen LogP contribution in [0.5, 0.6) is 0 Å². The molecule has 2 atom stereocenters. The van der Waals surface area contributed by atoms with Gasteiger partial charge in [-0.15, -0.1) is 0 Å². The van der Waals surface area contributed by atoms with Gasteiger partial charge in [-0.2, -0.15) is 0 Å². The van der Waals surface area contributed by atoms with Crippen molar-refractivity contribution in [3.05, 3.63) is 34.6 Å². The zero-order chi connectivity index (χ0) is 19.4.